The molecule has 5 heteroatoms. The van der Waals surface area contributed by atoms with Crippen molar-refractivity contribution in [1.82, 2.24) is 4.90 Å². The maximum atomic E-state index is 12.1. The van der Waals surface area contributed by atoms with Crippen molar-refractivity contribution in [2.24, 2.45) is 0 Å². The number of amides is 2. The van der Waals surface area contributed by atoms with Crippen LogP contribution in [-0.4, -0.2) is 35.0 Å². The molecule has 0 saturated heterocycles. The van der Waals surface area contributed by atoms with Gasteiger partial charge < -0.3 is 10.4 Å². The van der Waals surface area contributed by atoms with Gasteiger partial charge in [-0.2, -0.15) is 0 Å². The van der Waals surface area contributed by atoms with Gasteiger partial charge in [-0.25, -0.2) is 0 Å². The topological polar surface area (TPSA) is 69.6 Å². The molecule has 2 N–H and O–H groups in total. The second-order valence-electron chi connectivity index (χ2n) is 5.00. The average molecular weight is 272 g/mol. The molecule has 0 atom stereocenters. The van der Waals surface area contributed by atoms with Gasteiger partial charge in [0.15, 0.2) is 0 Å². The highest BCUT2D eigenvalue weighted by molar-refractivity contribution is 6.17. The summed E-state index contributed by atoms with van der Waals surface area (Å²) in [6, 6.07) is 5.98. The zero-order valence-electron chi connectivity index (χ0n) is 11.1. The van der Waals surface area contributed by atoms with Crippen LogP contribution in [0.1, 0.15) is 17.5 Å². The smallest absolute Gasteiger partial charge is 0.277 e. The van der Waals surface area contributed by atoms with Crippen LogP contribution in [0.25, 0.3) is 0 Å². The Hall–Kier alpha value is -2.14. The second kappa shape index (κ2) is 5.09. The third kappa shape index (κ3) is 2.10. The Labute approximate surface area is 116 Å². The molecule has 0 bridgehead atoms. The summed E-state index contributed by atoms with van der Waals surface area (Å²) in [5.41, 5.74) is 3.72. The number of aryl methyl sites for hydroxylation is 1. The average Bonchev–Trinajstić information content (AvgIpc) is 3.00. The number of hydrogen-bond donors (Lipinski definition) is 2. The molecule has 5 nitrogen and oxygen atoms in total. The Morgan fingerprint density at radius 1 is 1.25 bits per heavy atom. The highest BCUT2D eigenvalue weighted by atomic mass is 16.3. The van der Waals surface area contributed by atoms with Gasteiger partial charge in [0.05, 0.1) is 13.2 Å². The summed E-state index contributed by atoms with van der Waals surface area (Å²) in [7, 11) is 0. The number of aliphatic hydroxyl groups excluding tert-OH is 1. The molecule has 1 aromatic carbocycles. The van der Waals surface area contributed by atoms with E-state index in [0.29, 0.717) is 0 Å². The first-order chi connectivity index (χ1) is 9.70. The van der Waals surface area contributed by atoms with Crippen molar-refractivity contribution in [3.8, 4) is 0 Å². The predicted octanol–water partition coefficient (Wildman–Crippen LogP) is 0.832. The van der Waals surface area contributed by atoms with Crippen molar-refractivity contribution < 1.29 is 14.7 Å². The summed E-state index contributed by atoms with van der Waals surface area (Å²) in [5.74, 6) is -0.751. The summed E-state index contributed by atoms with van der Waals surface area (Å²) in [5, 5.41) is 12.0. The molecule has 20 heavy (non-hydrogen) atoms. The number of benzene rings is 1. The molecular weight excluding hydrogens is 256 g/mol. The van der Waals surface area contributed by atoms with Crippen molar-refractivity contribution in [1.29, 1.82) is 0 Å². The van der Waals surface area contributed by atoms with Gasteiger partial charge >= 0.3 is 0 Å². The van der Waals surface area contributed by atoms with Gasteiger partial charge in [-0.3, -0.25) is 14.5 Å². The molecule has 0 unspecified atom stereocenters. The van der Waals surface area contributed by atoms with Gasteiger partial charge in [0.25, 0.3) is 11.8 Å². The van der Waals surface area contributed by atoms with Gasteiger partial charge in [-0.1, -0.05) is 12.1 Å². The lowest BCUT2D eigenvalue weighted by atomic mass is 10.1. The Bertz CT molecular complexity index is 607. The van der Waals surface area contributed by atoms with E-state index in [1.54, 1.807) is 0 Å². The molecule has 3 rings (SSSR count). The third-order valence-corrected chi connectivity index (χ3v) is 3.75. The SMILES string of the molecule is O=C1C=C(Nc2cccc3c2CCC3)C(=O)N1CCO. The molecular formula is C15H16N2O3. The summed E-state index contributed by atoms with van der Waals surface area (Å²) in [4.78, 5) is 24.8. The zero-order valence-corrected chi connectivity index (χ0v) is 11.1. The Morgan fingerprint density at radius 2 is 2.10 bits per heavy atom. The minimum Gasteiger partial charge on any atom is -0.395 e. The van der Waals surface area contributed by atoms with Gasteiger partial charge in [-0.15, -0.1) is 0 Å². The first kappa shape index (κ1) is 12.9. The van der Waals surface area contributed by atoms with Crippen molar-refractivity contribution in [2.75, 3.05) is 18.5 Å². The maximum absolute atomic E-state index is 12.1. The lowest BCUT2D eigenvalue weighted by Crippen LogP contribution is -2.34. The van der Waals surface area contributed by atoms with E-state index in [0.717, 1.165) is 29.8 Å². The van der Waals surface area contributed by atoms with Crippen LogP contribution >= 0.6 is 0 Å². The Kier molecular flexibility index (Phi) is 3.28. The number of rotatable bonds is 4. The minimum atomic E-state index is -0.376. The molecule has 2 amide bonds. The molecule has 0 fully saturated rings. The number of fused-ring (bicyclic) bond motifs is 1. The standard InChI is InChI=1S/C15H16N2O3/c18-8-7-17-14(19)9-13(15(17)20)16-12-6-2-4-10-3-1-5-11(10)12/h2,4,6,9,16,18H,1,3,5,7-8H2. The van der Waals surface area contributed by atoms with Crippen LogP contribution in [0.3, 0.4) is 0 Å². The number of hydrogen-bond acceptors (Lipinski definition) is 4. The molecule has 1 heterocycles. The lowest BCUT2D eigenvalue weighted by Gasteiger charge is -2.14. The van der Waals surface area contributed by atoms with E-state index in [1.165, 1.54) is 17.2 Å². The molecule has 0 saturated carbocycles. The fourth-order valence-electron chi connectivity index (χ4n) is 2.79. The van der Waals surface area contributed by atoms with Gasteiger partial charge in [0, 0.05) is 11.8 Å². The first-order valence-corrected chi connectivity index (χ1v) is 6.77. The molecule has 0 aromatic heterocycles. The number of imide groups is 1. The van der Waals surface area contributed by atoms with E-state index in [9.17, 15) is 9.59 Å². The van der Waals surface area contributed by atoms with Crippen LogP contribution in [0.4, 0.5) is 5.69 Å². The largest absolute Gasteiger partial charge is 0.395 e. The summed E-state index contributed by atoms with van der Waals surface area (Å²) in [6.45, 7) is -0.189. The van der Waals surface area contributed by atoms with Crippen LogP contribution in [0, 0.1) is 0 Å². The maximum Gasteiger partial charge on any atom is 0.277 e. The van der Waals surface area contributed by atoms with Crippen LogP contribution < -0.4 is 5.32 Å². The van der Waals surface area contributed by atoms with E-state index in [4.69, 9.17) is 5.11 Å². The number of anilines is 1. The van der Waals surface area contributed by atoms with Crippen LogP contribution in [-0.2, 0) is 22.4 Å². The fraction of sp³-hybridized carbons (Fsp3) is 0.333. The van der Waals surface area contributed by atoms with Crippen molar-refractivity contribution >= 4 is 17.5 Å². The monoisotopic (exact) mass is 272 g/mol. The molecule has 1 aliphatic carbocycles. The van der Waals surface area contributed by atoms with E-state index in [1.807, 2.05) is 12.1 Å². The number of nitrogens with one attached hydrogen (secondary N) is 1. The zero-order chi connectivity index (χ0) is 14.1. The van der Waals surface area contributed by atoms with Crippen molar-refractivity contribution in [2.45, 2.75) is 19.3 Å². The Balaban J connectivity index is 1.83. The summed E-state index contributed by atoms with van der Waals surface area (Å²) in [6.07, 6.45) is 4.48. The number of nitrogens with zero attached hydrogens (tertiary/aromatic N) is 1. The van der Waals surface area contributed by atoms with Gasteiger partial charge in [0.1, 0.15) is 5.70 Å². The quantitative estimate of drug-likeness (QED) is 0.797. The highest BCUT2D eigenvalue weighted by Crippen LogP contribution is 2.30. The molecule has 0 spiro atoms. The van der Waals surface area contributed by atoms with Crippen molar-refractivity contribution in [3.05, 3.63) is 41.1 Å². The number of carbonyl (C=O) groups excluding carboxylic acids is 2. The van der Waals surface area contributed by atoms with Crippen LogP contribution in [0.5, 0.6) is 0 Å². The first-order valence-electron chi connectivity index (χ1n) is 6.77. The number of β-amino-alcohol motifs (C(OH)–C–C–N with tert-alkyl or cyclic N) is 1. The lowest BCUT2D eigenvalue weighted by molar-refractivity contribution is -0.137. The Morgan fingerprint density at radius 3 is 2.90 bits per heavy atom. The minimum absolute atomic E-state index is 0.0340. The van der Waals surface area contributed by atoms with E-state index in [2.05, 4.69) is 11.4 Å². The highest BCUT2D eigenvalue weighted by Gasteiger charge is 2.31. The second-order valence-corrected chi connectivity index (χ2v) is 5.00. The predicted molar refractivity (Wildman–Crippen MR) is 74.0 cm³/mol. The summed E-state index contributed by atoms with van der Waals surface area (Å²) >= 11 is 0. The molecule has 2 aliphatic rings. The van der Waals surface area contributed by atoms with Gasteiger partial charge in [0.2, 0.25) is 0 Å². The summed E-state index contributed by atoms with van der Waals surface area (Å²) < 4.78 is 0. The van der Waals surface area contributed by atoms with E-state index in [-0.39, 0.29) is 30.7 Å². The normalized spacial score (nSPS) is 17.4. The third-order valence-electron chi connectivity index (χ3n) is 3.75. The van der Waals surface area contributed by atoms with E-state index >= 15 is 0 Å². The number of aliphatic hydroxyl groups is 1. The fourth-order valence-corrected chi connectivity index (χ4v) is 2.79. The van der Waals surface area contributed by atoms with Gasteiger partial charge in [-0.05, 0) is 36.5 Å². The molecule has 1 aliphatic heterocycles. The number of carbonyl (C=O) groups is 2. The van der Waals surface area contributed by atoms with Crippen LogP contribution in [0.2, 0.25) is 0 Å². The van der Waals surface area contributed by atoms with Crippen LogP contribution in [0.15, 0.2) is 30.0 Å². The van der Waals surface area contributed by atoms with Crippen molar-refractivity contribution in [3.63, 3.8) is 0 Å². The molecule has 104 valence electrons. The molecule has 1 aromatic rings. The molecule has 0 radical (unpaired) electrons. The van der Waals surface area contributed by atoms with E-state index < -0.39 is 0 Å².